The van der Waals surface area contributed by atoms with Gasteiger partial charge >= 0.3 is 0 Å². The molecule has 0 bridgehead atoms. The van der Waals surface area contributed by atoms with Crippen LogP contribution < -0.4 is 0 Å². The number of piperazine rings is 1. The second kappa shape index (κ2) is 6.04. The molecule has 0 spiro atoms. The fourth-order valence-corrected chi connectivity index (χ4v) is 3.45. The van der Waals surface area contributed by atoms with Crippen LogP contribution >= 0.6 is 11.3 Å². The molecule has 1 aliphatic rings. The van der Waals surface area contributed by atoms with Gasteiger partial charge < -0.3 is 4.90 Å². The standard InChI is InChI=1S/C16H21N3S/c1-13-5-3-4-6-15(13)16-17-14(12-20-16)11-19-9-7-18(2)8-10-19/h3-6,12H,7-11H2,1-2H3. The van der Waals surface area contributed by atoms with Crippen LogP contribution in [0.3, 0.4) is 0 Å². The highest BCUT2D eigenvalue weighted by Crippen LogP contribution is 2.27. The number of likely N-dealkylation sites (N-methyl/N-ethyl adjacent to an activating group) is 1. The molecule has 0 amide bonds. The van der Waals surface area contributed by atoms with E-state index in [0.717, 1.165) is 37.7 Å². The monoisotopic (exact) mass is 287 g/mol. The minimum atomic E-state index is 0.982. The Hall–Kier alpha value is -1.23. The smallest absolute Gasteiger partial charge is 0.123 e. The Kier molecular flexibility index (Phi) is 4.15. The Labute approximate surface area is 124 Å². The van der Waals surface area contributed by atoms with Crippen molar-refractivity contribution in [2.24, 2.45) is 0 Å². The largest absolute Gasteiger partial charge is 0.304 e. The fourth-order valence-electron chi connectivity index (χ4n) is 2.55. The molecular weight excluding hydrogens is 266 g/mol. The van der Waals surface area contributed by atoms with Crippen molar-refractivity contribution in [3.8, 4) is 10.6 Å². The number of aryl methyl sites for hydroxylation is 1. The molecule has 2 aromatic rings. The van der Waals surface area contributed by atoms with Gasteiger partial charge in [-0.25, -0.2) is 4.98 Å². The summed E-state index contributed by atoms with van der Waals surface area (Å²) in [4.78, 5) is 9.70. The first-order valence-electron chi connectivity index (χ1n) is 7.13. The van der Waals surface area contributed by atoms with Crippen molar-refractivity contribution in [2.75, 3.05) is 33.2 Å². The molecule has 106 valence electrons. The van der Waals surface area contributed by atoms with Gasteiger partial charge in [0.2, 0.25) is 0 Å². The summed E-state index contributed by atoms with van der Waals surface area (Å²) < 4.78 is 0. The molecule has 2 heterocycles. The number of hydrogen-bond donors (Lipinski definition) is 0. The molecule has 0 saturated carbocycles. The number of rotatable bonds is 3. The zero-order valence-corrected chi connectivity index (χ0v) is 13.0. The third-order valence-electron chi connectivity index (χ3n) is 3.91. The second-order valence-corrected chi connectivity index (χ2v) is 6.40. The van der Waals surface area contributed by atoms with Crippen LogP contribution in [0.25, 0.3) is 10.6 Å². The number of hydrogen-bond acceptors (Lipinski definition) is 4. The highest BCUT2D eigenvalue weighted by Gasteiger charge is 2.15. The molecule has 0 aliphatic carbocycles. The van der Waals surface area contributed by atoms with E-state index in [2.05, 4.69) is 53.4 Å². The third kappa shape index (κ3) is 3.08. The van der Waals surface area contributed by atoms with Gasteiger partial charge in [0.1, 0.15) is 5.01 Å². The molecule has 0 unspecified atom stereocenters. The van der Waals surface area contributed by atoms with Crippen molar-refractivity contribution in [2.45, 2.75) is 13.5 Å². The molecule has 4 heteroatoms. The molecule has 20 heavy (non-hydrogen) atoms. The van der Waals surface area contributed by atoms with E-state index in [1.54, 1.807) is 11.3 Å². The highest BCUT2D eigenvalue weighted by atomic mass is 32.1. The molecule has 3 rings (SSSR count). The lowest BCUT2D eigenvalue weighted by atomic mass is 10.1. The number of thiazole rings is 1. The lowest BCUT2D eigenvalue weighted by molar-refractivity contribution is 0.147. The quantitative estimate of drug-likeness (QED) is 0.865. The van der Waals surface area contributed by atoms with E-state index in [1.165, 1.54) is 16.8 Å². The Morgan fingerprint density at radius 1 is 1.15 bits per heavy atom. The van der Waals surface area contributed by atoms with Crippen LogP contribution in [0.5, 0.6) is 0 Å². The third-order valence-corrected chi connectivity index (χ3v) is 4.83. The normalized spacial score (nSPS) is 17.5. The van der Waals surface area contributed by atoms with Gasteiger partial charge in [-0.3, -0.25) is 4.90 Å². The van der Waals surface area contributed by atoms with E-state index in [9.17, 15) is 0 Å². The van der Waals surface area contributed by atoms with Gasteiger partial charge in [-0.2, -0.15) is 0 Å². The Morgan fingerprint density at radius 3 is 2.65 bits per heavy atom. The first-order valence-corrected chi connectivity index (χ1v) is 8.01. The van der Waals surface area contributed by atoms with Gasteiger partial charge in [0.05, 0.1) is 5.69 Å². The van der Waals surface area contributed by atoms with Crippen molar-refractivity contribution in [3.63, 3.8) is 0 Å². The van der Waals surface area contributed by atoms with Gasteiger partial charge in [0.25, 0.3) is 0 Å². The van der Waals surface area contributed by atoms with E-state index in [-0.39, 0.29) is 0 Å². The summed E-state index contributed by atoms with van der Waals surface area (Å²) in [5, 5.41) is 3.35. The average molecular weight is 287 g/mol. The zero-order chi connectivity index (χ0) is 13.9. The number of aromatic nitrogens is 1. The topological polar surface area (TPSA) is 19.4 Å². The summed E-state index contributed by atoms with van der Waals surface area (Å²) in [5.41, 5.74) is 3.77. The lowest BCUT2D eigenvalue weighted by Crippen LogP contribution is -2.43. The Morgan fingerprint density at radius 2 is 1.90 bits per heavy atom. The average Bonchev–Trinajstić information content (AvgIpc) is 2.90. The maximum atomic E-state index is 4.82. The lowest BCUT2D eigenvalue weighted by Gasteiger charge is -2.31. The van der Waals surface area contributed by atoms with Gasteiger partial charge in [0, 0.05) is 43.7 Å². The molecule has 1 saturated heterocycles. The predicted octanol–water partition coefficient (Wildman–Crippen LogP) is 2.87. The van der Waals surface area contributed by atoms with Crippen molar-refractivity contribution < 1.29 is 0 Å². The van der Waals surface area contributed by atoms with Gasteiger partial charge in [0.15, 0.2) is 0 Å². The second-order valence-electron chi connectivity index (χ2n) is 5.54. The molecule has 1 aromatic carbocycles. The first kappa shape index (κ1) is 13.7. The summed E-state index contributed by atoms with van der Waals surface area (Å²) >= 11 is 1.76. The van der Waals surface area contributed by atoms with E-state index >= 15 is 0 Å². The minimum Gasteiger partial charge on any atom is -0.304 e. The molecular formula is C16H21N3S. The van der Waals surface area contributed by atoms with Crippen molar-refractivity contribution in [1.82, 2.24) is 14.8 Å². The molecule has 0 radical (unpaired) electrons. The van der Waals surface area contributed by atoms with Crippen molar-refractivity contribution >= 4 is 11.3 Å². The maximum Gasteiger partial charge on any atom is 0.123 e. The van der Waals surface area contributed by atoms with Crippen LogP contribution in [0, 0.1) is 6.92 Å². The van der Waals surface area contributed by atoms with Crippen LogP contribution in [0.2, 0.25) is 0 Å². The minimum absolute atomic E-state index is 0.982. The molecule has 0 N–H and O–H groups in total. The zero-order valence-electron chi connectivity index (χ0n) is 12.2. The van der Waals surface area contributed by atoms with E-state index < -0.39 is 0 Å². The number of benzene rings is 1. The summed E-state index contributed by atoms with van der Waals surface area (Å²) in [6.45, 7) is 7.75. The Bertz CT molecular complexity index is 571. The summed E-state index contributed by atoms with van der Waals surface area (Å²) in [6, 6.07) is 8.48. The highest BCUT2D eigenvalue weighted by molar-refractivity contribution is 7.13. The fraction of sp³-hybridized carbons (Fsp3) is 0.438. The van der Waals surface area contributed by atoms with E-state index in [4.69, 9.17) is 4.98 Å². The van der Waals surface area contributed by atoms with Gasteiger partial charge in [-0.05, 0) is 19.5 Å². The van der Waals surface area contributed by atoms with Gasteiger partial charge in [-0.15, -0.1) is 11.3 Å². The van der Waals surface area contributed by atoms with Crippen molar-refractivity contribution in [1.29, 1.82) is 0 Å². The van der Waals surface area contributed by atoms with E-state index in [1.807, 2.05) is 0 Å². The SMILES string of the molecule is Cc1ccccc1-c1nc(CN2CCN(C)CC2)cs1. The predicted molar refractivity (Wildman–Crippen MR) is 85.1 cm³/mol. The van der Waals surface area contributed by atoms with Crippen LogP contribution in [-0.2, 0) is 6.54 Å². The van der Waals surface area contributed by atoms with Crippen LogP contribution in [0.1, 0.15) is 11.3 Å². The van der Waals surface area contributed by atoms with Crippen LogP contribution in [-0.4, -0.2) is 48.0 Å². The van der Waals surface area contributed by atoms with Crippen molar-refractivity contribution in [3.05, 3.63) is 40.9 Å². The molecule has 3 nitrogen and oxygen atoms in total. The van der Waals surface area contributed by atoms with Gasteiger partial charge in [-0.1, -0.05) is 24.3 Å². The summed E-state index contributed by atoms with van der Waals surface area (Å²) in [7, 11) is 2.19. The molecule has 1 fully saturated rings. The molecule has 1 aliphatic heterocycles. The summed E-state index contributed by atoms with van der Waals surface area (Å²) in [6.07, 6.45) is 0. The number of nitrogens with zero attached hydrogens (tertiary/aromatic N) is 3. The Balaban J connectivity index is 1.70. The molecule has 0 atom stereocenters. The van der Waals surface area contributed by atoms with E-state index in [0.29, 0.717) is 0 Å². The first-order chi connectivity index (χ1) is 9.72. The maximum absolute atomic E-state index is 4.82. The summed E-state index contributed by atoms with van der Waals surface area (Å²) in [5.74, 6) is 0. The van der Waals surface area contributed by atoms with Crippen LogP contribution in [0.15, 0.2) is 29.6 Å². The molecule has 1 aromatic heterocycles. The van der Waals surface area contributed by atoms with Crippen LogP contribution in [0.4, 0.5) is 0 Å².